The summed E-state index contributed by atoms with van der Waals surface area (Å²) in [6.45, 7) is 3.59. The van der Waals surface area contributed by atoms with Crippen molar-refractivity contribution in [3.8, 4) is 0 Å². The van der Waals surface area contributed by atoms with Crippen molar-refractivity contribution >= 4 is 21.4 Å². The number of hydrogen-bond donors (Lipinski definition) is 1. The van der Waals surface area contributed by atoms with Crippen molar-refractivity contribution in [2.75, 3.05) is 13.2 Å². The maximum atomic E-state index is 6.14. The number of ether oxygens (including phenoxy) is 1. The molecule has 3 rings (SSSR count). The first-order valence-electron chi connectivity index (χ1n) is 5.54. The maximum absolute atomic E-state index is 6.14. The van der Waals surface area contributed by atoms with Crippen LogP contribution in [0.15, 0.2) is 29.6 Å². The van der Waals surface area contributed by atoms with E-state index in [-0.39, 0.29) is 11.5 Å². The highest BCUT2D eigenvalue weighted by Crippen LogP contribution is 2.41. The SMILES string of the molecule is CC(N)C1(c2csc3ccccc23)COC1. The molecule has 0 amide bonds. The average molecular weight is 233 g/mol. The minimum absolute atomic E-state index is 0.0413. The van der Waals surface area contributed by atoms with Crippen molar-refractivity contribution < 1.29 is 4.74 Å². The van der Waals surface area contributed by atoms with Crippen LogP contribution in [0, 0.1) is 0 Å². The molecule has 0 saturated carbocycles. The third kappa shape index (κ3) is 1.25. The molecule has 1 aromatic carbocycles. The summed E-state index contributed by atoms with van der Waals surface area (Å²) in [5, 5.41) is 3.59. The lowest BCUT2D eigenvalue weighted by Gasteiger charge is -2.44. The van der Waals surface area contributed by atoms with Crippen LogP contribution in [0.1, 0.15) is 12.5 Å². The fourth-order valence-electron chi connectivity index (χ4n) is 2.35. The molecular formula is C13H15NOS. The van der Waals surface area contributed by atoms with Crippen LogP contribution in [-0.2, 0) is 10.2 Å². The van der Waals surface area contributed by atoms with Crippen molar-refractivity contribution in [1.29, 1.82) is 0 Å². The van der Waals surface area contributed by atoms with E-state index in [0.717, 1.165) is 13.2 Å². The molecule has 16 heavy (non-hydrogen) atoms. The zero-order chi connectivity index (χ0) is 11.2. The summed E-state index contributed by atoms with van der Waals surface area (Å²) >= 11 is 1.80. The molecule has 2 heterocycles. The molecule has 2 N–H and O–H groups in total. The lowest BCUT2D eigenvalue weighted by Crippen LogP contribution is -2.57. The van der Waals surface area contributed by atoms with Gasteiger partial charge in [0, 0.05) is 10.7 Å². The van der Waals surface area contributed by atoms with E-state index in [2.05, 4.69) is 36.6 Å². The Balaban J connectivity index is 2.18. The molecule has 1 fully saturated rings. The molecule has 1 aliphatic heterocycles. The molecule has 0 aliphatic carbocycles. The summed E-state index contributed by atoms with van der Waals surface area (Å²) in [6, 6.07) is 8.66. The summed E-state index contributed by atoms with van der Waals surface area (Å²) in [6.07, 6.45) is 0. The first-order chi connectivity index (χ1) is 7.74. The van der Waals surface area contributed by atoms with Crippen molar-refractivity contribution in [1.82, 2.24) is 0 Å². The zero-order valence-electron chi connectivity index (χ0n) is 9.27. The van der Waals surface area contributed by atoms with E-state index in [0.29, 0.717) is 0 Å². The Bertz CT molecular complexity index is 513. The number of benzene rings is 1. The molecule has 0 bridgehead atoms. The summed E-state index contributed by atoms with van der Waals surface area (Å²) in [5.41, 5.74) is 7.55. The van der Waals surface area contributed by atoms with E-state index in [9.17, 15) is 0 Å². The largest absolute Gasteiger partial charge is 0.379 e. The van der Waals surface area contributed by atoms with Gasteiger partial charge in [-0.25, -0.2) is 0 Å². The fraction of sp³-hybridized carbons (Fsp3) is 0.385. The third-order valence-corrected chi connectivity index (χ3v) is 4.57. The molecule has 0 radical (unpaired) electrons. The first-order valence-corrected chi connectivity index (χ1v) is 6.42. The minimum Gasteiger partial charge on any atom is -0.379 e. The smallest absolute Gasteiger partial charge is 0.0601 e. The van der Waals surface area contributed by atoms with Crippen LogP contribution >= 0.6 is 11.3 Å². The normalized spacial score (nSPS) is 20.6. The van der Waals surface area contributed by atoms with E-state index >= 15 is 0 Å². The molecule has 1 aliphatic rings. The van der Waals surface area contributed by atoms with Gasteiger partial charge in [0.2, 0.25) is 0 Å². The molecule has 0 spiro atoms. The Hall–Kier alpha value is -0.900. The predicted molar refractivity (Wildman–Crippen MR) is 68.0 cm³/mol. The number of hydrogen-bond acceptors (Lipinski definition) is 3. The fourth-order valence-corrected chi connectivity index (χ4v) is 3.42. The van der Waals surface area contributed by atoms with Gasteiger partial charge < -0.3 is 10.5 Å². The van der Waals surface area contributed by atoms with Gasteiger partial charge in [-0.15, -0.1) is 11.3 Å². The molecular weight excluding hydrogens is 218 g/mol. The van der Waals surface area contributed by atoms with Gasteiger partial charge >= 0.3 is 0 Å². The Labute approximate surface area is 99.0 Å². The Morgan fingerprint density at radius 2 is 2.12 bits per heavy atom. The third-order valence-electron chi connectivity index (χ3n) is 3.61. The molecule has 1 unspecified atom stereocenters. The second-order valence-corrected chi connectivity index (χ2v) is 5.49. The summed E-state index contributed by atoms with van der Waals surface area (Å²) in [4.78, 5) is 0. The molecule has 1 aromatic heterocycles. The lowest BCUT2D eigenvalue weighted by molar-refractivity contribution is -0.0692. The van der Waals surface area contributed by atoms with Crippen LogP contribution in [0.2, 0.25) is 0 Å². The maximum Gasteiger partial charge on any atom is 0.0601 e. The van der Waals surface area contributed by atoms with Gasteiger partial charge in [-0.3, -0.25) is 0 Å². The highest BCUT2D eigenvalue weighted by Gasteiger charge is 2.45. The summed E-state index contributed by atoms with van der Waals surface area (Å²) in [7, 11) is 0. The molecule has 84 valence electrons. The number of rotatable bonds is 2. The van der Waals surface area contributed by atoms with Crippen molar-refractivity contribution in [2.24, 2.45) is 5.73 Å². The van der Waals surface area contributed by atoms with E-state index in [4.69, 9.17) is 10.5 Å². The second-order valence-electron chi connectivity index (χ2n) is 4.58. The van der Waals surface area contributed by atoms with E-state index in [1.54, 1.807) is 11.3 Å². The van der Waals surface area contributed by atoms with Crippen molar-refractivity contribution in [2.45, 2.75) is 18.4 Å². The van der Waals surface area contributed by atoms with Gasteiger partial charge in [-0.05, 0) is 29.3 Å². The van der Waals surface area contributed by atoms with Gasteiger partial charge in [0.05, 0.1) is 18.6 Å². The van der Waals surface area contributed by atoms with Crippen LogP contribution in [0.3, 0.4) is 0 Å². The minimum atomic E-state index is 0.0413. The molecule has 1 saturated heterocycles. The topological polar surface area (TPSA) is 35.2 Å². The van der Waals surface area contributed by atoms with Gasteiger partial charge in [-0.1, -0.05) is 18.2 Å². The van der Waals surface area contributed by atoms with Gasteiger partial charge in [0.1, 0.15) is 0 Å². The van der Waals surface area contributed by atoms with Gasteiger partial charge in [-0.2, -0.15) is 0 Å². The van der Waals surface area contributed by atoms with Gasteiger partial charge in [0.15, 0.2) is 0 Å². The highest BCUT2D eigenvalue weighted by atomic mass is 32.1. The van der Waals surface area contributed by atoms with Crippen LogP contribution in [0.5, 0.6) is 0 Å². The summed E-state index contributed by atoms with van der Waals surface area (Å²) < 4.78 is 6.73. The van der Waals surface area contributed by atoms with Crippen LogP contribution in [0.4, 0.5) is 0 Å². The molecule has 2 nitrogen and oxygen atoms in total. The van der Waals surface area contributed by atoms with E-state index in [1.807, 2.05) is 0 Å². The Morgan fingerprint density at radius 1 is 1.38 bits per heavy atom. The van der Waals surface area contributed by atoms with Gasteiger partial charge in [0.25, 0.3) is 0 Å². The molecule has 3 heteroatoms. The second kappa shape index (κ2) is 3.55. The van der Waals surface area contributed by atoms with Crippen LogP contribution in [-0.4, -0.2) is 19.3 Å². The number of fused-ring (bicyclic) bond motifs is 1. The summed E-state index contributed by atoms with van der Waals surface area (Å²) in [5.74, 6) is 0. The van der Waals surface area contributed by atoms with E-state index in [1.165, 1.54) is 15.6 Å². The van der Waals surface area contributed by atoms with Crippen molar-refractivity contribution in [3.05, 3.63) is 35.2 Å². The van der Waals surface area contributed by atoms with Crippen LogP contribution in [0.25, 0.3) is 10.1 Å². The lowest BCUT2D eigenvalue weighted by atomic mass is 9.73. The molecule has 1 atom stereocenters. The average Bonchev–Trinajstić information content (AvgIpc) is 2.61. The highest BCUT2D eigenvalue weighted by molar-refractivity contribution is 7.17. The zero-order valence-corrected chi connectivity index (χ0v) is 10.1. The Kier molecular flexibility index (Phi) is 2.28. The Morgan fingerprint density at radius 3 is 2.75 bits per heavy atom. The van der Waals surface area contributed by atoms with Crippen LogP contribution < -0.4 is 5.73 Å². The van der Waals surface area contributed by atoms with E-state index < -0.39 is 0 Å². The standard InChI is InChI=1S/C13H15NOS/c1-9(14)13(7-15-8-13)11-6-16-12-5-3-2-4-10(11)12/h2-6,9H,7-8,14H2,1H3. The predicted octanol–water partition coefficient (Wildman–Crippen LogP) is 2.52. The quantitative estimate of drug-likeness (QED) is 0.865. The van der Waals surface area contributed by atoms with Crippen molar-refractivity contribution in [3.63, 3.8) is 0 Å². The monoisotopic (exact) mass is 233 g/mol. The molecule has 2 aromatic rings. The number of thiophene rings is 1. The number of nitrogens with two attached hydrogens (primary N) is 1. The first kappa shape index (κ1) is 10.3.